The van der Waals surface area contributed by atoms with E-state index in [1.807, 2.05) is 24.3 Å². The number of benzene rings is 1. The Kier molecular flexibility index (Phi) is 4.53. The Morgan fingerprint density at radius 2 is 2.11 bits per heavy atom. The van der Waals surface area contributed by atoms with Gasteiger partial charge < -0.3 is 10.4 Å². The second-order valence-corrected chi connectivity index (χ2v) is 4.66. The normalized spacial score (nSPS) is 14.9. The van der Waals surface area contributed by atoms with E-state index in [0.29, 0.717) is 0 Å². The molecule has 0 spiro atoms. The Labute approximate surface area is 108 Å². The van der Waals surface area contributed by atoms with Gasteiger partial charge in [-0.05, 0) is 43.4 Å². The Balaban J connectivity index is 1.93. The molecular formula is C15H19NO2. The van der Waals surface area contributed by atoms with Gasteiger partial charge in [-0.3, -0.25) is 4.79 Å². The van der Waals surface area contributed by atoms with E-state index in [4.69, 9.17) is 5.11 Å². The summed E-state index contributed by atoms with van der Waals surface area (Å²) in [6.45, 7) is 0.199. The van der Waals surface area contributed by atoms with Gasteiger partial charge in [-0.15, -0.1) is 0 Å². The molecule has 0 aromatic heterocycles. The van der Waals surface area contributed by atoms with Gasteiger partial charge in [-0.1, -0.05) is 24.3 Å². The molecule has 0 aliphatic heterocycles. The zero-order valence-corrected chi connectivity index (χ0v) is 10.4. The lowest BCUT2D eigenvalue weighted by Gasteiger charge is -2.11. The first kappa shape index (κ1) is 12.8. The summed E-state index contributed by atoms with van der Waals surface area (Å²) in [4.78, 5) is 11.9. The summed E-state index contributed by atoms with van der Waals surface area (Å²) in [6, 6.07) is 7.84. The van der Waals surface area contributed by atoms with Gasteiger partial charge in [0.2, 0.25) is 5.91 Å². The lowest BCUT2D eigenvalue weighted by Crippen LogP contribution is -2.20. The first-order chi connectivity index (χ1) is 8.79. The fourth-order valence-corrected chi connectivity index (χ4v) is 2.16. The second kappa shape index (κ2) is 6.36. The van der Waals surface area contributed by atoms with Crippen LogP contribution in [-0.4, -0.2) is 17.6 Å². The molecular weight excluding hydrogens is 226 g/mol. The van der Waals surface area contributed by atoms with Crippen molar-refractivity contribution in [1.29, 1.82) is 0 Å². The Hall–Kier alpha value is -1.61. The summed E-state index contributed by atoms with van der Waals surface area (Å²) >= 11 is 0. The van der Waals surface area contributed by atoms with E-state index in [9.17, 15) is 4.79 Å². The maximum absolute atomic E-state index is 11.9. The van der Waals surface area contributed by atoms with Crippen molar-refractivity contribution in [1.82, 2.24) is 0 Å². The molecule has 2 rings (SSSR count). The van der Waals surface area contributed by atoms with E-state index >= 15 is 0 Å². The van der Waals surface area contributed by atoms with Crippen LogP contribution >= 0.6 is 0 Å². The van der Waals surface area contributed by atoms with Crippen LogP contribution in [0.1, 0.15) is 24.8 Å². The van der Waals surface area contributed by atoms with Gasteiger partial charge in [0.15, 0.2) is 0 Å². The highest BCUT2D eigenvalue weighted by molar-refractivity contribution is 5.93. The van der Waals surface area contributed by atoms with E-state index in [2.05, 4.69) is 17.5 Å². The van der Waals surface area contributed by atoms with Crippen LogP contribution in [0.5, 0.6) is 0 Å². The fourth-order valence-electron chi connectivity index (χ4n) is 2.16. The molecule has 0 heterocycles. The first-order valence-electron chi connectivity index (χ1n) is 6.45. The van der Waals surface area contributed by atoms with Crippen LogP contribution in [0.2, 0.25) is 0 Å². The van der Waals surface area contributed by atoms with Gasteiger partial charge in [-0.2, -0.15) is 0 Å². The molecule has 0 saturated carbocycles. The highest BCUT2D eigenvalue weighted by atomic mass is 16.2. The second-order valence-electron chi connectivity index (χ2n) is 4.66. The molecule has 0 unspecified atom stereocenters. The SMILES string of the molecule is O=C(Nc1cccc(CCCO)c1)C1CC=CC1. The molecule has 96 valence electrons. The molecule has 0 bridgehead atoms. The van der Waals surface area contributed by atoms with E-state index in [0.717, 1.165) is 36.9 Å². The maximum atomic E-state index is 11.9. The highest BCUT2D eigenvalue weighted by Crippen LogP contribution is 2.20. The topological polar surface area (TPSA) is 49.3 Å². The molecule has 0 saturated heterocycles. The minimum atomic E-state index is 0.0890. The monoisotopic (exact) mass is 245 g/mol. The van der Waals surface area contributed by atoms with Gasteiger partial charge in [0.05, 0.1) is 0 Å². The van der Waals surface area contributed by atoms with Crippen LogP contribution in [0, 0.1) is 5.92 Å². The molecule has 2 N–H and O–H groups in total. The Morgan fingerprint density at radius 1 is 1.33 bits per heavy atom. The van der Waals surface area contributed by atoms with Crippen molar-refractivity contribution in [2.24, 2.45) is 5.92 Å². The van der Waals surface area contributed by atoms with Crippen molar-refractivity contribution in [3.63, 3.8) is 0 Å². The van der Waals surface area contributed by atoms with Crippen molar-refractivity contribution in [3.05, 3.63) is 42.0 Å². The summed E-state index contributed by atoms with van der Waals surface area (Å²) in [5.74, 6) is 0.186. The number of hydrogen-bond acceptors (Lipinski definition) is 2. The number of allylic oxidation sites excluding steroid dienone is 2. The molecule has 18 heavy (non-hydrogen) atoms. The van der Waals surface area contributed by atoms with Gasteiger partial charge in [0, 0.05) is 18.2 Å². The highest BCUT2D eigenvalue weighted by Gasteiger charge is 2.18. The molecule has 1 aromatic rings. The largest absolute Gasteiger partial charge is 0.396 e. The summed E-state index contributed by atoms with van der Waals surface area (Å²) < 4.78 is 0. The van der Waals surface area contributed by atoms with Crippen LogP contribution in [0.3, 0.4) is 0 Å². The van der Waals surface area contributed by atoms with E-state index < -0.39 is 0 Å². The van der Waals surface area contributed by atoms with Crippen LogP contribution < -0.4 is 5.32 Å². The van der Waals surface area contributed by atoms with Crippen molar-refractivity contribution in [2.75, 3.05) is 11.9 Å². The number of nitrogens with one attached hydrogen (secondary N) is 1. The summed E-state index contributed by atoms with van der Waals surface area (Å²) in [5.41, 5.74) is 1.99. The van der Waals surface area contributed by atoms with Crippen molar-refractivity contribution >= 4 is 11.6 Å². The first-order valence-corrected chi connectivity index (χ1v) is 6.45. The van der Waals surface area contributed by atoms with Crippen LogP contribution in [-0.2, 0) is 11.2 Å². The molecule has 0 radical (unpaired) electrons. The number of hydrogen-bond donors (Lipinski definition) is 2. The third kappa shape index (κ3) is 3.44. The smallest absolute Gasteiger partial charge is 0.228 e. The van der Waals surface area contributed by atoms with Gasteiger partial charge in [-0.25, -0.2) is 0 Å². The van der Waals surface area contributed by atoms with E-state index in [1.54, 1.807) is 0 Å². The maximum Gasteiger partial charge on any atom is 0.228 e. The number of rotatable bonds is 5. The lowest BCUT2D eigenvalue weighted by atomic mass is 10.1. The number of amides is 1. The third-order valence-electron chi connectivity index (χ3n) is 3.20. The molecule has 3 heteroatoms. The Bertz CT molecular complexity index is 432. The minimum absolute atomic E-state index is 0.0890. The predicted octanol–water partition coefficient (Wildman–Crippen LogP) is 2.52. The molecule has 1 aliphatic rings. The van der Waals surface area contributed by atoms with Crippen molar-refractivity contribution in [3.8, 4) is 0 Å². The van der Waals surface area contributed by atoms with Gasteiger partial charge in [0.25, 0.3) is 0 Å². The molecule has 0 atom stereocenters. The molecule has 1 amide bonds. The summed E-state index contributed by atoms with van der Waals surface area (Å²) in [5, 5.41) is 11.8. The third-order valence-corrected chi connectivity index (χ3v) is 3.20. The van der Waals surface area contributed by atoms with Crippen LogP contribution in [0.15, 0.2) is 36.4 Å². The fraction of sp³-hybridized carbons (Fsp3) is 0.400. The van der Waals surface area contributed by atoms with E-state index in [-0.39, 0.29) is 18.4 Å². The molecule has 3 nitrogen and oxygen atoms in total. The predicted molar refractivity (Wildman–Crippen MR) is 72.3 cm³/mol. The number of aliphatic hydroxyl groups excluding tert-OH is 1. The zero-order valence-electron chi connectivity index (χ0n) is 10.4. The van der Waals surface area contributed by atoms with Gasteiger partial charge in [0.1, 0.15) is 0 Å². The number of anilines is 1. The number of carbonyl (C=O) groups is 1. The average Bonchev–Trinajstić information content (AvgIpc) is 2.91. The van der Waals surface area contributed by atoms with Crippen LogP contribution in [0.25, 0.3) is 0 Å². The zero-order chi connectivity index (χ0) is 12.8. The number of aliphatic hydroxyl groups is 1. The van der Waals surface area contributed by atoms with E-state index in [1.165, 1.54) is 0 Å². The molecule has 1 aromatic carbocycles. The summed E-state index contributed by atoms with van der Waals surface area (Å²) in [7, 11) is 0. The van der Waals surface area contributed by atoms with Crippen LogP contribution in [0.4, 0.5) is 5.69 Å². The Morgan fingerprint density at radius 3 is 2.83 bits per heavy atom. The number of carbonyl (C=O) groups excluding carboxylic acids is 1. The summed E-state index contributed by atoms with van der Waals surface area (Å²) in [6.07, 6.45) is 7.39. The quantitative estimate of drug-likeness (QED) is 0.783. The molecule has 1 aliphatic carbocycles. The van der Waals surface area contributed by atoms with Crippen molar-refractivity contribution in [2.45, 2.75) is 25.7 Å². The van der Waals surface area contributed by atoms with Gasteiger partial charge >= 0.3 is 0 Å². The van der Waals surface area contributed by atoms with Crippen molar-refractivity contribution < 1.29 is 9.90 Å². The lowest BCUT2D eigenvalue weighted by molar-refractivity contribution is -0.119. The molecule has 0 fully saturated rings. The average molecular weight is 245 g/mol. The minimum Gasteiger partial charge on any atom is -0.396 e. The standard InChI is InChI=1S/C15H19NO2/c17-10-4-6-12-5-3-9-14(11-12)16-15(18)13-7-1-2-8-13/h1-3,5,9,11,13,17H,4,6-8,10H2,(H,16,18). The number of aryl methyl sites for hydroxylation is 1.